The molecular formula is C37H56O2. The van der Waals surface area contributed by atoms with Crippen LogP contribution in [0.1, 0.15) is 130 Å². The number of carbonyl (C=O) groups is 1. The van der Waals surface area contributed by atoms with Gasteiger partial charge in [-0.1, -0.05) is 78.3 Å². The molecule has 5 saturated carbocycles. The van der Waals surface area contributed by atoms with Gasteiger partial charge in [-0.05, 0) is 140 Å². The first-order valence-corrected chi connectivity index (χ1v) is 16.5. The van der Waals surface area contributed by atoms with Gasteiger partial charge in [-0.2, -0.15) is 0 Å². The monoisotopic (exact) mass is 532 g/mol. The van der Waals surface area contributed by atoms with E-state index in [9.17, 15) is 9.90 Å². The number of fused-ring (bicyclic) bond motifs is 7. The maximum absolute atomic E-state index is 12.9. The van der Waals surface area contributed by atoms with Gasteiger partial charge in [0.2, 0.25) is 0 Å². The minimum atomic E-state index is -0.475. The number of aryl methyl sites for hydroxylation is 1. The molecule has 5 fully saturated rings. The Hall–Kier alpha value is -1.31. The molecule has 10 atom stereocenters. The molecule has 0 aliphatic heterocycles. The molecule has 0 saturated heterocycles. The molecule has 1 aromatic rings. The minimum absolute atomic E-state index is 0.253. The Kier molecular flexibility index (Phi) is 6.31. The van der Waals surface area contributed by atoms with Crippen LogP contribution in [0.4, 0.5) is 0 Å². The molecule has 216 valence electrons. The van der Waals surface area contributed by atoms with Crippen molar-refractivity contribution in [2.24, 2.45) is 62.6 Å². The SMILES string of the molecule is Cc1ccc([C@H]2CC[C@]3(C)[C@H]4CC[C@@H]5[C@H]6[C@H](C(C)C)CC[C@]6(C(=O)O)CC[C@@]5(C)[C@]4(C)CC[C@H]3C2(C)C)cc1. The molecule has 6 rings (SSSR count). The number of carboxylic acids is 1. The number of carboxylic acid groups (broad SMARTS) is 1. The molecule has 0 aromatic heterocycles. The standard InChI is InChI=1S/C37H56O2/c1-23(2)26-15-20-37(32(38)39)22-21-35(7)28(31(26)37)13-14-30-34(6)18-16-27(25-11-9-24(3)10-12-25)33(4,5)29(34)17-19-36(30,35)8/h9-12,23,26-31H,13-22H2,1-8H3,(H,38,39)/t26-,27+,28+,29-,30+,31+,34-,35+,36+,37-/m0/s1. The fourth-order valence-electron chi connectivity index (χ4n) is 13.2. The van der Waals surface area contributed by atoms with E-state index in [0.29, 0.717) is 45.8 Å². The highest BCUT2D eigenvalue weighted by molar-refractivity contribution is 5.76. The summed E-state index contributed by atoms with van der Waals surface area (Å²) in [6, 6.07) is 9.44. The highest BCUT2D eigenvalue weighted by Gasteiger charge is 2.72. The van der Waals surface area contributed by atoms with Gasteiger partial charge in [-0.15, -0.1) is 0 Å². The second kappa shape index (κ2) is 8.84. The molecule has 2 heteroatoms. The van der Waals surface area contributed by atoms with E-state index in [-0.39, 0.29) is 5.41 Å². The van der Waals surface area contributed by atoms with Crippen molar-refractivity contribution in [3.8, 4) is 0 Å². The quantitative estimate of drug-likeness (QED) is 0.420. The molecule has 2 nitrogen and oxygen atoms in total. The van der Waals surface area contributed by atoms with Crippen LogP contribution in [-0.4, -0.2) is 11.1 Å². The number of benzene rings is 1. The number of aliphatic carboxylic acids is 1. The Morgan fingerprint density at radius 3 is 2.13 bits per heavy atom. The van der Waals surface area contributed by atoms with Crippen LogP contribution in [0.3, 0.4) is 0 Å². The average Bonchev–Trinajstić information content (AvgIpc) is 3.27. The zero-order chi connectivity index (χ0) is 28.2. The van der Waals surface area contributed by atoms with E-state index in [2.05, 4.69) is 79.7 Å². The predicted octanol–water partition coefficient (Wildman–Crippen LogP) is 9.90. The maximum atomic E-state index is 12.9. The molecule has 39 heavy (non-hydrogen) atoms. The number of rotatable bonds is 3. The zero-order valence-corrected chi connectivity index (χ0v) is 26.3. The smallest absolute Gasteiger partial charge is 0.309 e. The fourth-order valence-corrected chi connectivity index (χ4v) is 13.2. The van der Waals surface area contributed by atoms with E-state index in [0.717, 1.165) is 37.5 Å². The molecule has 1 aromatic carbocycles. The summed E-state index contributed by atoms with van der Waals surface area (Å²) < 4.78 is 0. The van der Waals surface area contributed by atoms with Gasteiger partial charge in [0.15, 0.2) is 0 Å². The minimum Gasteiger partial charge on any atom is -0.481 e. The molecule has 0 unspecified atom stereocenters. The van der Waals surface area contributed by atoms with Gasteiger partial charge >= 0.3 is 5.97 Å². The van der Waals surface area contributed by atoms with Crippen molar-refractivity contribution in [3.05, 3.63) is 35.4 Å². The van der Waals surface area contributed by atoms with Crippen molar-refractivity contribution in [3.63, 3.8) is 0 Å². The second-order valence-electron chi connectivity index (χ2n) is 16.9. The summed E-state index contributed by atoms with van der Waals surface area (Å²) in [5.41, 5.74) is 3.68. The molecule has 5 aliphatic carbocycles. The molecule has 0 spiro atoms. The van der Waals surface area contributed by atoms with Crippen molar-refractivity contribution in [1.29, 1.82) is 0 Å². The van der Waals surface area contributed by atoms with Crippen molar-refractivity contribution < 1.29 is 9.90 Å². The van der Waals surface area contributed by atoms with Crippen LogP contribution < -0.4 is 0 Å². The molecule has 0 bridgehead atoms. The van der Waals surface area contributed by atoms with Gasteiger partial charge in [0.25, 0.3) is 0 Å². The van der Waals surface area contributed by atoms with Crippen LogP contribution in [0, 0.1) is 69.5 Å². The summed E-state index contributed by atoms with van der Waals surface area (Å²) >= 11 is 0. The number of hydrogen-bond acceptors (Lipinski definition) is 1. The van der Waals surface area contributed by atoms with Crippen molar-refractivity contribution in [2.75, 3.05) is 0 Å². The Bertz CT molecular complexity index is 1120. The van der Waals surface area contributed by atoms with Crippen LogP contribution in [-0.2, 0) is 4.79 Å². The topological polar surface area (TPSA) is 37.3 Å². The lowest BCUT2D eigenvalue weighted by Crippen LogP contribution is -2.66. The Labute approximate surface area is 239 Å². The third kappa shape index (κ3) is 3.54. The van der Waals surface area contributed by atoms with Crippen LogP contribution in [0.25, 0.3) is 0 Å². The zero-order valence-electron chi connectivity index (χ0n) is 26.3. The highest BCUT2D eigenvalue weighted by atomic mass is 16.4. The fraction of sp³-hybridized carbons (Fsp3) is 0.811. The normalized spacial score (nSPS) is 48.5. The predicted molar refractivity (Wildman–Crippen MR) is 161 cm³/mol. The maximum Gasteiger partial charge on any atom is 0.309 e. The summed E-state index contributed by atoms with van der Waals surface area (Å²) in [6.45, 7) is 20.2. The van der Waals surface area contributed by atoms with Gasteiger partial charge in [0.1, 0.15) is 0 Å². The van der Waals surface area contributed by atoms with Crippen molar-refractivity contribution in [1.82, 2.24) is 0 Å². The molecule has 0 heterocycles. The lowest BCUT2D eigenvalue weighted by molar-refractivity contribution is -0.241. The Morgan fingerprint density at radius 2 is 1.49 bits per heavy atom. The summed E-state index contributed by atoms with van der Waals surface area (Å²) in [4.78, 5) is 12.9. The first-order valence-electron chi connectivity index (χ1n) is 16.5. The van der Waals surface area contributed by atoms with E-state index in [1.54, 1.807) is 5.56 Å². The van der Waals surface area contributed by atoms with Crippen molar-refractivity contribution >= 4 is 5.97 Å². The van der Waals surface area contributed by atoms with Crippen LogP contribution in [0.2, 0.25) is 0 Å². The third-order valence-electron chi connectivity index (χ3n) is 15.3. The molecule has 5 aliphatic rings. The summed E-state index contributed by atoms with van der Waals surface area (Å²) in [7, 11) is 0. The Morgan fingerprint density at radius 1 is 0.795 bits per heavy atom. The Balaban J connectivity index is 1.35. The van der Waals surface area contributed by atoms with Gasteiger partial charge in [0.05, 0.1) is 5.41 Å². The molecule has 0 radical (unpaired) electrons. The lowest BCUT2D eigenvalue weighted by atomic mass is 9.31. The molecule has 0 amide bonds. The van der Waals surface area contributed by atoms with Gasteiger partial charge in [0, 0.05) is 0 Å². The number of hydrogen-bond donors (Lipinski definition) is 1. The van der Waals surface area contributed by atoms with Gasteiger partial charge in [-0.3, -0.25) is 4.79 Å². The largest absolute Gasteiger partial charge is 0.481 e. The average molecular weight is 533 g/mol. The van der Waals surface area contributed by atoms with E-state index in [1.807, 2.05) is 0 Å². The summed E-state index contributed by atoms with van der Waals surface area (Å²) in [6.07, 6.45) is 11.9. The first kappa shape index (κ1) is 27.8. The van der Waals surface area contributed by atoms with E-state index in [1.165, 1.54) is 44.1 Å². The molecular weight excluding hydrogens is 476 g/mol. The summed E-state index contributed by atoms with van der Waals surface area (Å²) in [5, 5.41) is 10.7. The third-order valence-corrected chi connectivity index (χ3v) is 15.3. The first-order chi connectivity index (χ1) is 18.2. The van der Waals surface area contributed by atoms with E-state index in [4.69, 9.17) is 0 Å². The second-order valence-corrected chi connectivity index (χ2v) is 16.9. The van der Waals surface area contributed by atoms with Gasteiger partial charge < -0.3 is 5.11 Å². The van der Waals surface area contributed by atoms with E-state index < -0.39 is 11.4 Å². The van der Waals surface area contributed by atoms with Crippen LogP contribution in [0.5, 0.6) is 0 Å². The van der Waals surface area contributed by atoms with Crippen LogP contribution in [0.15, 0.2) is 24.3 Å². The lowest BCUT2D eigenvalue weighted by Gasteiger charge is -2.73. The summed E-state index contributed by atoms with van der Waals surface area (Å²) in [5.74, 6) is 3.75. The highest BCUT2D eigenvalue weighted by Crippen LogP contribution is 2.78. The van der Waals surface area contributed by atoms with Crippen molar-refractivity contribution in [2.45, 2.75) is 126 Å². The van der Waals surface area contributed by atoms with E-state index >= 15 is 0 Å². The van der Waals surface area contributed by atoms with Crippen LogP contribution >= 0.6 is 0 Å². The molecule has 1 N–H and O–H groups in total. The van der Waals surface area contributed by atoms with Gasteiger partial charge in [-0.25, -0.2) is 0 Å².